The number of pyridine rings is 1. The van der Waals surface area contributed by atoms with Crippen LogP contribution < -0.4 is 10.6 Å². The fourth-order valence-corrected chi connectivity index (χ4v) is 4.55. The first-order valence-electron chi connectivity index (χ1n) is 8.66. The molecule has 2 aliphatic heterocycles. The fraction of sp³-hybridized carbons (Fsp3) is 0.158. The van der Waals surface area contributed by atoms with E-state index in [9.17, 15) is 9.59 Å². The second-order valence-corrected chi connectivity index (χ2v) is 8.20. The van der Waals surface area contributed by atoms with E-state index in [0.29, 0.717) is 43.4 Å². The van der Waals surface area contributed by atoms with Crippen LogP contribution in [0.5, 0.6) is 0 Å². The molecule has 3 aromatic rings. The van der Waals surface area contributed by atoms with Crippen molar-refractivity contribution < 1.29 is 9.59 Å². The summed E-state index contributed by atoms with van der Waals surface area (Å²) >= 11 is 18.3. The van der Waals surface area contributed by atoms with Gasteiger partial charge in [0.05, 0.1) is 28.5 Å². The summed E-state index contributed by atoms with van der Waals surface area (Å²) in [7, 11) is 0. The summed E-state index contributed by atoms with van der Waals surface area (Å²) < 4.78 is 1.56. The second-order valence-electron chi connectivity index (χ2n) is 6.92. The summed E-state index contributed by atoms with van der Waals surface area (Å²) in [4.78, 5) is 29.9. The van der Waals surface area contributed by atoms with Crippen LogP contribution in [-0.2, 0) is 21.5 Å². The molecule has 0 bridgehead atoms. The van der Waals surface area contributed by atoms with E-state index in [1.165, 1.54) is 6.20 Å². The van der Waals surface area contributed by atoms with Gasteiger partial charge in [0.1, 0.15) is 11.2 Å². The van der Waals surface area contributed by atoms with Crippen LogP contribution in [0.15, 0.2) is 36.7 Å². The fourth-order valence-electron chi connectivity index (χ4n) is 3.94. The van der Waals surface area contributed by atoms with Gasteiger partial charge in [-0.25, -0.2) is 4.68 Å². The minimum absolute atomic E-state index is 0.0369. The van der Waals surface area contributed by atoms with Gasteiger partial charge in [0.25, 0.3) is 0 Å². The Morgan fingerprint density at radius 1 is 1.03 bits per heavy atom. The zero-order valence-corrected chi connectivity index (χ0v) is 16.9. The Kier molecular flexibility index (Phi) is 4.10. The normalized spacial score (nSPS) is 19.7. The minimum atomic E-state index is -1.19. The maximum atomic E-state index is 13.1. The molecule has 1 spiro atoms. The molecule has 1 atom stereocenters. The Bertz CT molecular complexity index is 1210. The van der Waals surface area contributed by atoms with Crippen LogP contribution in [0.3, 0.4) is 0 Å². The first-order chi connectivity index (χ1) is 13.9. The maximum absolute atomic E-state index is 13.1. The summed E-state index contributed by atoms with van der Waals surface area (Å²) in [5.74, 6) is -0.150. The molecule has 0 fully saturated rings. The molecule has 0 radical (unpaired) electrons. The predicted octanol–water partition coefficient (Wildman–Crippen LogP) is 3.87. The summed E-state index contributed by atoms with van der Waals surface area (Å²) in [6, 6.07) is 6.73. The Morgan fingerprint density at radius 3 is 2.66 bits per heavy atom. The smallest absolute Gasteiger partial charge is 0.240 e. The summed E-state index contributed by atoms with van der Waals surface area (Å²) in [6.45, 7) is 0.200. The van der Waals surface area contributed by atoms with Gasteiger partial charge in [-0.3, -0.25) is 14.6 Å². The van der Waals surface area contributed by atoms with E-state index < -0.39 is 5.41 Å². The van der Waals surface area contributed by atoms with E-state index in [-0.39, 0.29) is 24.8 Å². The van der Waals surface area contributed by atoms with E-state index in [0.717, 1.165) is 0 Å². The number of halogens is 3. The molecule has 10 heteroatoms. The molecule has 7 nitrogen and oxygen atoms in total. The van der Waals surface area contributed by atoms with Crippen LogP contribution in [0.25, 0.3) is 0 Å². The van der Waals surface area contributed by atoms with Crippen LogP contribution >= 0.6 is 34.8 Å². The molecule has 2 N–H and O–H groups in total. The highest BCUT2D eigenvalue weighted by Gasteiger charge is 2.54. The molecule has 4 heterocycles. The lowest BCUT2D eigenvalue weighted by atomic mass is 9.72. The van der Waals surface area contributed by atoms with Gasteiger partial charge in [0.2, 0.25) is 11.8 Å². The maximum Gasteiger partial charge on any atom is 0.240 e. The number of nitrogens with one attached hydrogen (secondary N) is 2. The van der Waals surface area contributed by atoms with E-state index >= 15 is 0 Å². The number of aromatic nitrogens is 3. The van der Waals surface area contributed by atoms with Crippen LogP contribution in [-0.4, -0.2) is 26.6 Å². The van der Waals surface area contributed by atoms with Crippen molar-refractivity contribution in [3.8, 4) is 0 Å². The highest BCUT2D eigenvalue weighted by Crippen LogP contribution is 2.50. The van der Waals surface area contributed by atoms with Gasteiger partial charge >= 0.3 is 0 Å². The van der Waals surface area contributed by atoms with Crippen LogP contribution in [0, 0.1) is 0 Å². The molecule has 1 aromatic carbocycles. The zero-order valence-electron chi connectivity index (χ0n) is 14.7. The highest BCUT2D eigenvalue weighted by atomic mass is 35.5. The number of fused-ring (bicyclic) bond motifs is 4. The van der Waals surface area contributed by atoms with E-state index in [2.05, 4.69) is 20.7 Å². The third kappa shape index (κ3) is 2.73. The topological polar surface area (TPSA) is 88.9 Å². The minimum Gasteiger partial charge on any atom is -0.325 e. The SMILES string of the molecule is O=C1CC2(C(=O)Nc3ccc(Cl)cc32)c2cnn(Cc3ncc(Cl)cc3Cl)c2N1. The molecule has 1 unspecified atom stereocenters. The monoisotopic (exact) mass is 447 g/mol. The standard InChI is InChI=1S/C19H12Cl3N5O2/c20-9-1-2-14-11(3-9)19(18(29)25-14)5-16(28)26-17-12(19)7-24-27(17)8-15-13(22)4-10(21)6-23-15/h1-4,6-7H,5,8H2,(H,25,29)(H,26,28). The lowest BCUT2D eigenvalue weighted by molar-refractivity contribution is -0.125. The van der Waals surface area contributed by atoms with E-state index in [1.54, 1.807) is 35.1 Å². The lowest BCUT2D eigenvalue weighted by Gasteiger charge is -2.31. The molecule has 2 amide bonds. The zero-order chi connectivity index (χ0) is 20.3. The number of nitrogens with zero attached hydrogens (tertiary/aromatic N) is 3. The van der Waals surface area contributed by atoms with Gasteiger partial charge in [0.15, 0.2) is 0 Å². The Hall–Kier alpha value is -2.61. The predicted molar refractivity (Wildman–Crippen MR) is 110 cm³/mol. The van der Waals surface area contributed by atoms with Gasteiger partial charge in [-0.1, -0.05) is 34.8 Å². The number of carbonyl (C=O) groups excluding carboxylic acids is 2. The molecule has 5 rings (SSSR count). The lowest BCUT2D eigenvalue weighted by Crippen LogP contribution is -2.43. The first kappa shape index (κ1) is 18.4. The van der Waals surface area contributed by atoms with Crippen molar-refractivity contribution in [3.63, 3.8) is 0 Å². The third-order valence-electron chi connectivity index (χ3n) is 5.24. The van der Waals surface area contributed by atoms with E-state index in [1.807, 2.05) is 0 Å². The van der Waals surface area contributed by atoms with Gasteiger partial charge in [-0.2, -0.15) is 5.10 Å². The molecular weight excluding hydrogens is 437 g/mol. The Morgan fingerprint density at radius 2 is 1.86 bits per heavy atom. The van der Waals surface area contributed by atoms with Crippen molar-refractivity contribution >= 4 is 58.1 Å². The Labute approximate surface area is 180 Å². The molecule has 0 aliphatic carbocycles. The quantitative estimate of drug-likeness (QED) is 0.623. The van der Waals surface area contributed by atoms with Gasteiger partial charge in [0, 0.05) is 28.9 Å². The van der Waals surface area contributed by atoms with Gasteiger partial charge in [-0.05, 0) is 29.8 Å². The van der Waals surface area contributed by atoms with Gasteiger partial charge < -0.3 is 10.6 Å². The molecule has 0 saturated carbocycles. The number of hydrogen-bond donors (Lipinski definition) is 2. The van der Waals surface area contributed by atoms with Crippen molar-refractivity contribution in [1.29, 1.82) is 0 Å². The molecule has 146 valence electrons. The van der Waals surface area contributed by atoms with Crippen LogP contribution in [0.4, 0.5) is 11.5 Å². The largest absolute Gasteiger partial charge is 0.325 e. The summed E-state index contributed by atoms with van der Waals surface area (Å²) in [5.41, 5.74) is 1.24. The van der Waals surface area contributed by atoms with Gasteiger partial charge in [-0.15, -0.1) is 0 Å². The average molecular weight is 449 g/mol. The van der Waals surface area contributed by atoms with Crippen molar-refractivity contribution in [3.05, 3.63) is 68.5 Å². The number of rotatable bonds is 2. The second kappa shape index (κ2) is 6.45. The van der Waals surface area contributed by atoms with Crippen LogP contribution in [0.1, 0.15) is 23.2 Å². The molecule has 2 aromatic heterocycles. The third-order valence-corrected chi connectivity index (χ3v) is 6.01. The summed E-state index contributed by atoms with van der Waals surface area (Å²) in [6.07, 6.45) is 3.04. The first-order valence-corrected chi connectivity index (χ1v) is 9.79. The Balaban J connectivity index is 1.65. The van der Waals surface area contributed by atoms with Crippen molar-refractivity contribution in [2.75, 3.05) is 10.6 Å². The van der Waals surface area contributed by atoms with Crippen molar-refractivity contribution in [2.24, 2.45) is 0 Å². The number of hydrogen-bond acceptors (Lipinski definition) is 4. The highest BCUT2D eigenvalue weighted by molar-refractivity contribution is 6.34. The number of benzene rings is 1. The number of anilines is 2. The van der Waals surface area contributed by atoms with Crippen molar-refractivity contribution in [1.82, 2.24) is 14.8 Å². The molecular formula is C19H12Cl3N5O2. The number of amides is 2. The van der Waals surface area contributed by atoms with Crippen molar-refractivity contribution in [2.45, 2.75) is 18.4 Å². The molecule has 2 aliphatic rings. The molecule has 0 saturated heterocycles. The average Bonchev–Trinajstić information content (AvgIpc) is 3.18. The molecule has 29 heavy (non-hydrogen) atoms. The summed E-state index contributed by atoms with van der Waals surface area (Å²) in [5, 5.41) is 11.4. The van der Waals surface area contributed by atoms with E-state index in [4.69, 9.17) is 34.8 Å². The number of carbonyl (C=O) groups is 2. The van der Waals surface area contributed by atoms with Crippen LogP contribution in [0.2, 0.25) is 15.1 Å².